The van der Waals surface area contributed by atoms with E-state index in [4.69, 9.17) is 9.47 Å². The Kier molecular flexibility index (Phi) is 5.96. The molecule has 4 rings (SSSR count). The maximum atomic E-state index is 12.9. The largest absolute Gasteiger partial charge is 0.461 e. The average molecular weight is 431 g/mol. The molecule has 31 heavy (non-hydrogen) atoms. The number of ether oxygens (including phenoxy) is 2. The van der Waals surface area contributed by atoms with Gasteiger partial charge in [0, 0.05) is 28.4 Å². The van der Waals surface area contributed by atoms with E-state index >= 15 is 0 Å². The van der Waals surface area contributed by atoms with Crippen LogP contribution >= 0.6 is 0 Å². The third kappa shape index (κ3) is 3.58. The maximum absolute atomic E-state index is 12.9. The number of imide groups is 1. The van der Waals surface area contributed by atoms with Crippen molar-refractivity contribution in [2.75, 3.05) is 13.2 Å². The van der Waals surface area contributed by atoms with Gasteiger partial charge < -0.3 is 29.9 Å². The molecule has 0 bridgehead atoms. The van der Waals surface area contributed by atoms with E-state index in [1.165, 1.54) is 11.0 Å². The van der Waals surface area contributed by atoms with Crippen LogP contribution in [0.3, 0.4) is 0 Å². The molecule has 0 aromatic heterocycles. The van der Waals surface area contributed by atoms with Crippen molar-refractivity contribution in [1.82, 2.24) is 4.90 Å². The molecule has 0 radical (unpaired) electrons. The minimum atomic E-state index is -1.58. The Balaban J connectivity index is 1.71. The quantitative estimate of drug-likeness (QED) is 0.483. The van der Waals surface area contributed by atoms with Crippen LogP contribution < -0.4 is 4.74 Å². The van der Waals surface area contributed by atoms with Gasteiger partial charge in [-0.05, 0) is 24.6 Å². The first-order valence-corrected chi connectivity index (χ1v) is 10.3. The summed E-state index contributed by atoms with van der Waals surface area (Å²) in [7, 11) is 0. The van der Waals surface area contributed by atoms with Gasteiger partial charge in [0.2, 0.25) is 6.29 Å². The average Bonchev–Trinajstić information content (AvgIpc) is 2.78. The molecule has 0 spiro atoms. The molecule has 0 unspecified atom stereocenters. The number of carbonyl (C=O) groups is 2. The lowest BCUT2D eigenvalue weighted by Gasteiger charge is -2.39. The van der Waals surface area contributed by atoms with E-state index < -0.39 is 37.3 Å². The molecular formula is C22H25NO8. The van der Waals surface area contributed by atoms with Crippen LogP contribution in [-0.2, 0) is 4.74 Å². The van der Waals surface area contributed by atoms with Crippen molar-refractivity contribution in [2.45, 2.75) is 50.5 Å². The zero-order chi connectivity index (χ0) is 22.3. The van der Waals surface area contributed by atoms with Crippen molar-refractivity contribution in [1.29, 1.82) is 0 Å². The van der Waals surface area contributed by atoms with Crippen molar-refractivity contribution in [3.05, 3.63) is 41.5 Å². The first-order chi connectivity index (χ1) is 14.9. The molecule has 2 aliphatic rings. The standard InChI is InChI=1S/C22H25NO8/c1-2-3-9-23-20(28)12-6-4-5-11-14(8-7-13(16(11)12)21(23)29)30-22-19(27)18(26)17(25)15(10-24)31-22/h4-8,15,17-19,22,24-27H,2-3,9-10H2,1H3/t15-,17+,18+,19-,22-/m1/s1. The monoisotopic (exact) mass is 431 g/mol. The lowest BCUT2D eigenvalue weighted by atomic mass is 9.93. The Morgan fingerprint density at radius 2 is 1.71 bits per heavy atom. The highest BCUT2D eigenvalue weighted by molar-refractivity contribution is 6.26. The molecule has 166 valence electrons. The van der Waals surface area contributed by atoms with Crippen molar-refractivity contribution in [3.63, 3.8) is 0 Å². The van der Waals surface area contributed by atoms with Crippen LogP contribution in [0.1, 0.15) is 40.5 Å². The molecule has 0 aliphatic carbocycles. The van der Waals surface area contributed by atoms with Crippen LogP contribution in [0.15, 0.2) is 30.3 Å². The van der Waals surface area contributed by atoms with Crippen molar-refractivity contribution >= 4 is 22.6 Å². The summed E-state index contributed by atoms with van der Waals surface area (Å²) in [6.07, 6.45) is -5.58. The molecule has 9 nitrogen and oxygen atoms in total. The summed E-state index contributed by atoms with van der Waals surface area (Å²) in [5.74, 6) is -0.518. The van der Waals surface area contributed by atoms with Gasteiger partial charge >= 0.3 is 0 Å². The summed E-state index contributed by atoms with van der Waals surface area (Å²) in [5, 5.41) is 40.5. The van der Waals surface area contributed by atoms with Crippen molar-refractivity contribution in [2.24, 2.45) is 0 Å². The molecular weight excluding hydrogens is 406 g/mol. The van der Waals surface area contributed by atoms with E-state index in [0.717, 1.165) is 6.42 Å². The maximum Gasteiger partial charge on any atom is 0.261 e. The van der Waals surface area contributed by atoms with E-state index in [2.05, 4.69) is 0 Å². The van der Waals surface area contributed by atoms with E-state index in [9.17, 15) is 30.0 Å². The number of benzene rings is 2. The van der Waals surface area contributed by atoms with Gasteiger partial charge in [-0.15, -0.1) is 0 Å². The second-order valence-corrected chi connectivity index (χ2v) is 7.77. The fourth-order valence-corrected chi connectivity index (χ4v) is 4.03. The highest BCUT2D eigenvalue weighted by atomic mass is 16.7. The zero-order valence-electron chi connectivity index (χ0n) is 17.0. The third-order valence-electron chi connectivity index (χ3n) is 5.78. The fraction of sp³-hybridized carbons (Fsp3) is 0.455. The van der Waals surface area contributed by atoms with Gasteiger partial charge in [-0.2, -0.15) is 0 Å². The Labute approximate surface area is 178 Å². The lowest BCUT2D eigenvalue weighted by Crippen LogP contribution is -2.60. The Hall–Kier alpha value is -2.56. The van der Waals surface area contributed by atoms with Gasteiger partial charge in [0.05, 0.1) is 6.61 Å². The second kappa shape index (κ2) is 8.52. The Morgan fingerprint density at radius 1 is 1.00 bits per heavy atom. The number of hydrogen-bond acceptors (Lipinski definition) is 8. The molecule has 4 N–H and O–H groups in total. The van der Waals surface area contributed by atoms with Crippen molar-refractivity contribution in [3.8, 4) is 5.75 Å². The number of hydrogen-bond donors (Lipinski definition) is 4. The summed E-state index contributed by atoms with van der Waals surface area (Å²) in [4.78, 5) is 27.1. The summed E-state index contributed by atoms with van der Waals surface area (Å²) >= 11 is 0. The van der Waals surface area contributed by atoms with Gasteiger partial charge in [0.25, 0.3) is 11.8 Å². The van der Waals surface area contributed by atoms with Crippen LogP contribution in [0.4, 0.5) is 0 Å². The predicted molar refractivity (Wildman–Crippen MR) is 109 cm³/mol. The molecule has 1 saturated heterocycles. The molecule has 5 atom stereocenters. The predicted octanol–water partition coefficient (Wildman–Crippen LogP) is 0.415. The number of amides is 2. The topological polar surface area (TPSA) is 137 Å². The summed E-state index contributed by atoms with van der Waals surface area (Å²) in [6, 6.07) is 8.10. The molecule has 2 amide bonds. The number of nitrogens with zero attached hydrogens (tertiary/aromatic N) is 1. The van der Waals surface area contributed by atoms with Crippen LogP contribution in [0.5, 0.6) is 5.75 Å². The molecule has 2 aromatic carbocycles. The highest BCUT2D eigenvalue weighted by Gasteiger charge is 2.45. The van der Waals surface area contributed by atoms with Crippen LogP contribution in [-0.4, -0.2) is 81.0 Å². The number of rotatable bonds is 6. The van der Waals surface area contributed by atoms with E-state index in [1.54, 1.807) is 24.3 Å². The number of aliphatic hydroxyl groups is 4. The molecule has 0 saturated carbocycles. The molecule has 9 heteroatoms. The van der Waals surface area contributed by atoms with Gasteiger partial charge in [0.1, 0.15) is 30.2 Å². The Morgan fingerprint density at radius 3 is 2.39 bits per heavy atom. The first kappa shape index (κ1) is 21.7. The summed E-state index contributed by atoms with van der Waals surface area (Å²) in [5.41, 5.74) is 0.755. The van der Waals surface area contributed by atoms with E-state index in [-0.39, 0.29) is 17.6 Å². The SMILES string of the molecule is CCCCN1C(=O)c2cccc3c(O[C@@H]4O[C@H](CO)[C@H](O)[C@H](O)[C@H]4O)ccc(c23)C1=O. The van der Waals surface area contributed by atoms with Gasteiger partial charge in [-0.1, -0.05) is 25.5 Å². The normalized spacial score (nSPS) is 28.3. The first-order valence-electron chi connectivity index (χ1n) is 10.3. The second-order valence-electron chi connectivity index (χ2n) is 7.77. The van der Waals surface area contributed by atoms with Gasteiger partial charge in [-0.3, -0.25) is 14.5 Å². The van der Waals surface area contributed by atoms with Crippen LogP contribution in [0.25, 0.3) is 10.8 Å². The molecule has 2 aromatic rings. The summed E-state index contributed by atoms with van der Waals surface area (Å²) < 4.78 is 11.2. The zero-order valence-corrected chi connectivity index (χ0v) is 17.0. The highest BCUT2D eigenvalue weighted by Crippen LogP contribution is 2.37. The minimum absolute atomic E-state index is 0.229. The van der Waals surface area contributed by atoms with Gasteiger partial charge in [-0.25, -0.2) is 0 Å². The number of aliphatic hydroxyl groups excluding tert-OH is 4. The summed E-state index contributed by atoms with van der Waals surface area (Å²) in [6.45, 7) is 1.74. The van der Waals surface area contributed by atoms with Crippen LogP contribution in [0, 0.1) is 0 Å². The molecule has 2 heterocycles. The van der Waals surface area contributed by atoms with E-state index in [1.807, 2.05) is 6.92 Å². The minimum Gasteiger partial charge on any atom is -0.461 e. The Bertz CT molecular complexity index is 984. The lowest BCUT2D eigenvalue weighted by molar-refractivity contribution is -0.277. The van der Waals surface area contributed by atoms with E-state index in [0.29, 0.717) is 34.9 Å². The number of unbranched alkanes of at least 4 members (excludes halogenated alkanes) is 1. The van der Waals surface area contributed by atoms with Crippen LogP contribution in [0.2, 0.25) is 0 Å². The molecule has 2 aliphatic heterocycles. The number of carbonyl (C=O) groups excluding carboxylic acids is 2. The molecule has 1 fully saturated rings. The van der Waals surface area contributed by atoms with Gasteiger partial charge in [0.15, 0.2) is 0 Å². The fourth-order valence-electron chi connectivity index (χ4n) is 4.03. The third-order valence-corrected chi connectivity index (χ3v) is 5.78. The smallest absolute Gasteiger partial charge is 0.261 e. The van der Waals surface area contributed by atoms with Crippen molar-refractivity contribution < 1.29 is 39.5 Å².